The van der Waals surface area contributed by atoms with Crippen LogP contribution < -0.4 is 15.2 Å². The molecular formula is C15H22ClNO2. The third-order valence-corrected chi connectivity index (χ3v) is 3.50. The van der Waals surface area contributed by atoms with Gasteiger partial charge in [-0.05, 0) is 43.5 Å². The molecule has 2 N–H and O–H groups in total. The van der Waals surface area contributed by atoms with E-state index in [1.807, 2.05) is 12.1 Å². The highest BCUT2D eigenvalue weighted by molar-refractivity contribution is 6.32. The van der Waals surface area contributed by atoms with E-state index in [0.29, 0.717) is 24.0 Å². The molecule has 1 aliphatic rings. The summed E-state index contributed by atoms with van der Waals surface area (Å²) in [5, 5.41) is 0.637. The lowest BCUT2D eigenvalue weighted by Gasteiger charge is -2.19. The van der Waals surface area contributed by atoms with Crippen molar-refractivity contribution in [2.75, 3.05) is 19.8 Å². The maximum Gasteiger partial charge on any atom is 0.179 e. The minimum Gasteiger partial charge on any atom is -0.489 e. The number of hydrogen-bond acceptors (Lipinski definition) is 3. The van der Waals surface area contributed by atoms with Gasteiger partial charge in [-0.2, -0.15) is 0 Å². The summed E-state index contributed by atoms with van der Waals surface area (Å²) in [6.07, 6.45) is 3.06. The van der Waals surface area contributed by atoms with Crippen LogP contribution >= 0.6 is 11.6 Å². The molecule has 1 heterocycles. The third-order valence-electron chi connectivity index (χ3n) is 3.21. The van der Waals surface area contributed by atoms with E-state index in [1.54, 1.807) is 0 Å². The molecule has 106 valence electrons. The number of fused-ring (bicyclic) bond motifs is 1. The average Bonchev–Trinajstić information content (AvgIpc) is 2.50. The fourth-order valence-electron chi connectivity index (χ4n) is 2.07. The van der Waals surface area contributed by atoms with Crippen molar-refractivity contribution in [2.45, 2.75) is 33.1 Å². The topological polar surface area (TPSA) is 44.5 Å². The predicted octanol–water partition coefficient (Wildman–Crippen LogP) is 3.42. The van der Waals surface area contributed by atoms with E-state index in [9.17, 15) is 0 Å². The largest absolute Gasteiger partial charge is 0.489 e. The van der Waals surface area contributed by atoms with Gasteiger partial charge in [0.05, 0.1) is 18.2 Å². The molecule has 0 aliphatic carbocycles. The maximum atomic E-state index is 6.30. The normalized spacial score (nSPS) is 17.1. The number of benzene rings is 1. The first-order valence-electron chi connectivity index (χ1n) is 6.80. The molecule has 19 heavy (non-hydrogen) atoms. The summed E-state index contributed by atoms with van der Waals surface area (Å²) in [6, 6.07) is 4.01. The van der Waals surface area contributed by atoms with Gasteiger partial charge in [-0.15, -0.1) is 0 Å². The quantitative estimate of drug-likeness (QED) is 0.861. The van der Waals surface area contributed by atoms with Crippen LogP contribution in [0, 0.1) is 5.41 Å². The van der Waals surface area contributed by atoms with Crippen molar-refractivity contribution in [1.29, 1.82) is 0 Å². The number of nitrogens with two attached hydrogens (primary N) is 1. The van der Waals surface area contributed by atoms with Crippen molar-refractivity contribution >= 4 is 11.6 Å². The molecule has 0 bridgehead atoms. The Labute approximate surface area is 120 Å². The predicted molar refractivity (Wildman–Crippen MR) is 78.2 cm³/mol. The fourth-order valence-corrected chi connectivity index (χ4v) is 2.36. The first kappa shape index (κ1) is 14.5. The van der Waals surface area contributed by atoms with E-state index in [4.69, 9.17) is 26.8 Å². The Balaban J connectivity index is 2.17. The van der Waals surface area contributed by atoms with Crippen LogP contribution in [0.5, 0.6) is 11.5 Å². The zero-order valence-corrected chi connectivity index (χ0v) is 12.4. The van der Waals surface area contributed by atoms with E-state index in [1.165, 1.54) is 5.56 Å². The summed E-state index contributed by atoms with van der Waals surface area (Å²) in [7, 11) is 0. The van der Waals surface area contributed by atoms with Crippen molar-refractivity contribution in [3.8, 4) is 11.5 Å². The molecule has 2 rings (SSSR count). The fraction of sp³-hybridized carbons (Fsp3) is 0.600. The Morgan fingerprint density at radius 2 is 1.95 bits per heavy atom. The summed E-state index contributed by atoms with van der Waals surface area (Å²) < 4.78 is 11.7. The molecular weight excluding hydrogens is 262 g/mol. The second-order valence-corrected chi connectivity index (χ2v) is 6.30. The van der Waals surface area contributed by atoms with Crippen LogP contribution in [0.25, 0.3) is 0 Å². The summed E-state index contributed by atoms with van der Waals surface area (Å²) in [5.74, 6) is 1.44. The lowest BCUT2D eigenvalue weighted by atomic mass is 9.97. The van der Waals surface area contributed by atoms with Crippen LogP contribution in [0.15, 0.2) is 12.1 Å². The Morgan fingerprint density at radius 1 is 1.21 bits per heavy atom. The monoisotopic (exact) mass is 283 g/mol. The van der Waals surface area contributed by atoms with Crippen LogP contribution in [0.2, 0.25) is 5.02 Å². The van der Waals surface area contributed by atoms with Gasteiger partial charge in [-0.25, -0.2) is 0 Å². The molecule has 0 radical (unpaired) electrons. The van der Waals surface area contributed by atoms with Crippen molar-refractivity contribution in [1.82, 2.24) is 0 Å². The van der Waals surface area contributed by atoms with Gasteiger partial charge >= 0.3 is 0 Å². The van der Waals surface area contributed by atoms with Gasteiger partial charge in [0, 0.05) is 5.41 Å². The van der Waals surface area contributed by atoms with Crippen LogP contribution in [-0.2, 0) is 6.42 Å². The Bertz CT molecular complexity index is 446. The summed E-state index contributed by atoms with van der Waals surface area (Å²) in [6.45, 7) is 6.23. The summed E-state index contributed by atoms with van der Waals surface area (Å²) >= 11 is 6.30. The van der Waals surface area contributed by atoms with Crippen LogP contribution in [-0.4, -0.2) is 19.8 Å². The van der Waals surface area contributed by atoms with Crippen molar-refractivity contribution in [3.05, 3.63) is 22.7 Å². The summed E-state index contributed by atoms with van der Waals surface area (Å²) in [5.41, 5.74) is 6.70. The molecule has 0 saturated carbocycles. The van der Waals surface area contributed by atoms with E-state index in [2.05, 4.69) is 13.8 Å². The third kappa shape index (κ3) is 3.77. The highest BCUT2D eigenvalue weighted by Crippen LogP contribution is 2.40. The van der Waals surface area contributed by atoms with Crippen molar-refractivity contribution in [2.24, 2.45) is 11.1 Å². The van der Waals surface area contributed by atoms with Crippen molar-refractivity contribution in [3.63, 3.8) is 0 Å². The molecule has 1 aromatic carbocycles. The second kappa shape index (κ2) is 6.02. The van der Waals surface area contributed by atoms with Gasteiger partial charge in [-0.1, -0.05) is 25.4 Å². The molecule has 0 amide bonds. The Hall–Kier alpha value is -0.930. The van der Waals surface area contributed by atoms with Gasteiger partial charge in [0.1, 0.15) is 0 Å². The van der Waals surface area contributed by atoms with E-state index in [0.717, 1.165) is 31.6 Å². The van der Waals surface area contributed by atoms with E-state index < -0.39 is 0 Å². The number of aryl methyl sites for hydroxylation is 1. The molecule has 1 aliphatic heterocycles. The maximum absolute atomic E-state index is 6.30. The molecule has 0 unspecified atom stereocenters. The van der Waals surface area contributed by atoms with Gasteiger partial charge < -0.3 is 15.2 Å². The first-order valence-corrected chi connectivity index (χ1v) is 7.18. The lowest BCUT2D eigenvalue weighted by molar-refractivity contribution is 0.140. The number of unbranched alkanes of at least 4 members (excludes halogenated alkanes) is 1. The van der Waals surface area contributed by atoms with Crippen LogP contribution in [0.4, 0.5) is 0 Å². The highest BCUT2D eigenvalue weighted by Gasteiger charge is 2.26. The highest BCUT2D eigenvalue weighted by atomic mass is 35.5. The Morgan fingerprint density at radius 3 is 2.68 bits per heavy atom. The van der Waals surface area contributed by atoms with E-state index >= 15 is 0 Å². The van der Waals surface area contributed by atoms with Gasteiger partial charge in [0.25, 0.3) is 0 Å². The van der Waals surface area contributed by atoms with Gasteiger partial charge in [0.15, 0.2) is 11.5 Å². The zero-order valence-electron chi connectivity index (χ0n) is 11.7. The van der Waals surface area contributed by atoms with Crippen LogP contribution in [0.1, 0.15) is 32.3 Å². The summed E-state index contributed by atoms with van der Waals surface area (Å²) in [4.78, 5) is 0. The number of halogens is 1. The number of hydrogen-bond donors (Lipinski definition) is 1. The molecule has 0 spiro atoms. The molecule has 3 nitrogen and oxygen atoms in total. The Kier molecular flexibility index (Phi) is 4.58. The standard InChI is InChI=1S/C15H22ClNO2/c1-15(2)9-18-13-8-11(5-3-4-6-17)7-12(16)14(13)19-10-15/h7-8H,3-6,9-10,17H2,1-2H3. The number of ether oxygens (including phenoxy) is 2. The average molecular weight is 284 g/mol. The molecule has 0 fully saturated rings. The first-order chi connectivity index (χ1) is 9.02. The molecule has 4 heteroatoms. The number of rotatable bonds is 4. The van der Waals surface area contributed by atoms with Gasteiger partial charge in [-0.3, -0.25) is 0 Å². The molecule has 0 aromatic heterocycles. The molecule has 0 saturated heterocycles. The zero-order chi connectivity index (χ0) is 13.9. The minimum absolute atomic E-state index is 0.00205. The lowest BCUT2D eigenvalue weighted by Crippen LogP contribution is -2.26. The molecule has 0 atom stereocenters. The van der Waals surface area contributed by atoms with Crippen molar-refractivity contribution < 1.29 is 9.47 Å². The second-order valence-electron chi connectivity index (χ2n) is 5.89. The van der Waals surface area contributed by atoms with Gasteiger partial charge in [0.2, 0.25) is 0 Å². The van der Waals surface area contributed by atoms with E-state index in [-0.39, 0.29) is 5.41 Å². The molecule has 1 aromatic rings. The SMILES string of the molecule is CC1(C)COc2cc(CCCCN)cc(Cl)c2OC1. The smallest absolute Gasteiger partial charge is 0.179 e. The van der Waals surface area contributed by atoms with Crippen LogP contribution in [0.3, 0.4) is 0 Å². The minimum atomic E-state index is 0.00205.